The number of aromatic nitrogens is 1. The quantitative estimate of drug-likeness (QED) is 0.808. The lowest BCUT2D eigenvalue weighted by molar-refractivity contribution is 0.0699. The molecule has 0 amide bonds. The van der Waals surface area contributed by atoms with Crippen LogP contribution >= 0.6 is 11.6 Å². The molecule has 1 heterocycles. The number of rotatable bonds is 1. The molecule has 0 saturated heterocycles. The number of halogens is 1. The molecule has 0 aliphatic heterocycles. The van der Waals surface area contributed by atoms with Crippen molar-refractivity contribution < 1.29 is 9.90 Å². The average Bonchev–Trinajstić information content (AvgIpc) is 2.42. The van der Waals surface area contributed by atoms with Gasteiger partial charge in [-0.3, -0.25) is 0 Å². The predicted molar refractivity (Wildman–Crippen MR) is 59.6 cm³/mol. The summed E-state index contributed by atoms with van der Waals surface area (Å²) in [6.45, 7) is 1.89. The molecule has 2 rings (SSSR count). The first-order valence-electron chi connectivity index (χ1n) is 4.49. The Morgan fingerprint density at radius 3 is 2.73 bits per heavy atom. The first-order chi connectivity index (χ1) is 7.00. The van der Waals surface area contributed by atoms with Gasteiger partial charge >= 0.3 is 5.97 Å². The van der Waals surface area contributed by atoms with Crippen molar-refractivity contribution in [3.63, 3.8) is 0 Å². The van der Waals surface area contributed by atoms with Crippen LogP contribution in [0.5, 0.6) is 0 Å². The fourth-order valence-electron chi connectivity index (χ4n) is 1.80. The molecule has 2 aromatic rings. The highest BCUT2D eigenvalue weighted by atomic mass is 35.5. The monoisotopic (exact) mass is 223 g/mol. The third-order valence-corrected chi connectivity index (χ3v) is 2.69. The number of carboxylic acids is 1. The van der Waals surface area contributed by atoms with Gasteiger partial charge in [0.25, 0.3) is 0 Å². The van der Waals surface area contributed by atoms with Crippen molar-refractivity contribution in [1.29, 1.82) is 0 Å². The van der Waals surface area contributed by atoms with Crippen LogP contribution in [0.2, 0.25) is 5.02 Å². The van der Waals surface area contributed by atoms with E-state index in [1.807, 2.05) is 19.1 Å². The van der Waals surface area contributed by atoms with Crippen molar-refractivity contribution in [3.8, 4) is 0 Å². The summed E-state index contributed by atoms with van der Waals surface area (Å²) in [6, 6.07) is 3.67. The summed E-state index contributed by atoms with van der Waals surface area (Å²) in [5.74, 6) is -0.928. The van der Waals surface area contributed by atoms with Gasteiger partial charge in [-0.2, -0.15) is 0 Å². The number of hydrogen-bond acceptors (Lipinski definition) is 1. The van der Waals surface area contributed by atoms with Crippen LogP contribution in [0.4, 0.5) is 0 Å². The van der Waals surface area contributed by atoms with E-state index >= 15 is 0 Å². The summed E-state index contributed by atoms with van der Waals surface area (Å²) in [7, 11) is 1.79. The Hall–Kier alpha value is -1.48. The summed E-state index contributed by atoms with van der Waals surface area (Å²) < 4.78 is 1.74. The van der Waals surface area contributed by atoms with Crippen LogP contribution in [0.1, 0.15) is 15.9 Å². The third-order valence-electron chi connectivity index (χ3n) is 2.40. The van der Waals surface area contributed by atoms with Gasteiger partial charge in [0.2, 0.25) is 0 Å². The highest BCUT2D eigenvalue weighted by Crippen LogP contribution is 2.28. The molecule has 78 valence electrons. The van der Waals surface area contributed by atoms with Crippen molar-refractivity contribution >= 4 is 28.5 Å². The Morgan fingerprint density at radius 2 is 2.13 bits per heavy atom. The molecule has 1 N–H and O–H groups in total. The zero-order chi connectivity index (χ0) is 11.2. The van der Waals surface area contributed by atoms with Crippen LogP contribution in [0.15, 0.2) is 18.3 Å². The van der Waals surface area contributed by atoms with Crippen molar-refractivity contribution in [2.24, 2.45) is 7.05 Å². The standard InChI is InChI=1S/C11H10ClNO2/c1-6-3-7-8(11(14)15)5-13(2)10(7)9(12)4-6/h3-5H,1-2H3,(H,14,15). The Balaban J connectivity index is 2.93. The van der Waals surface area contributed by atoms with Gasteiger partial charge in [-0.05, 0) is 24.6 Å². The molecule has 0 aliphatic carbocycles. The lowest BCUT2D eigenvalue weighted by atomic mass is 10.1. The van der Waals surface area contributed by atoms with E-state index in [0.717, 1.165) is 11.1 Å². The first-order valence-corrected chi connectivity index (χ1v) is 4.87. The van der Waals surface area contributed by atoms with Crippen LogP contribution in [-0.4, -0.2) is 15.6 Å². The van der Waals surface area contributed by atoms with E-state index in [-0.39, 0.29) is 5.56 Å². The highest BCUT2D eigenvalue weighted by Gasteiger charge is 2.14. The smallest absolute Gasteiger partial charge is 0.337 e. The van der Waals surface area contributed by atoms with Gasteiger partial charge in [-0.15, -0.1) is 0 Å². The molecule has 0 unspecified atom stereocenters. The minimum absolute atomic E-state index is 0.290. The predicted octanol–water partition coefficient (Wildman–Crippen LogP) is 2.84. The zero-order valence-electron chi connectivity index (χ0n) is 8.41. The molecule has 0 bridgehead atoms. The zero-order valence-corrected chi connectivity index (χ0v) is 9.17. The number of carbonyl (C=O) groups is 1. The lowest BCUT2D eigenvalue weighted by Crippen LogP contribution is -1.94. The van der Waals surface area contributed by atoms with E-state index < -0.39 is 5.97 Å². The first kappa shape index (κ1) is 10.1. The summed E-state index contributed by atoms with van der Waals surface area (Å²) in [5.41, 5.74) is 2.01. The van der Waals surface area contributed by atoms with E-state index in [4.69, 9.17) is 16.7 Å². The molecule has 0 aliphatic rings. The van der Waals surface area contributed by atoms with Crippen LogP contribution in [0.3, 0.4) is 0 Å². The number of carboxylic acid groups (broad SMARTS) is 1. The summed E-state index contributed by atoms with van der Waals surface area (Å²) in [6.07, 6.45) is 1.58. The number of hydrogen-bond donors (Lipinski definition) is 1. The maximum Gasteiger partial charge on any atom is 0.337 e. The molecule has 0 fully saturated rings. The van der Waals surface area contributed by atoms with E-state index in [2.05, 4.69) is 0 Å². The Labute approximate surface area is 91.9 Å². The molecular weight excluding hydrogens is 214 g/mol. The molecule has 3 nitrogen and oxygen atoms in total. The molecule has 15 heavy (non-hydrogen) atoms. The normalized spacial score (nSPS) is 10.9. The van der Waals surface area contributed by atoms with E-state index in [1.165, 1.54) is 0 Å². The lowest BCUT2D eigenvalue weighted by Gasteiger charge is -2.00. The molecular formula is C11H10ClNO2. The minimum atomic E-state index is -0.928. The van der Waals surface area contributed by atoms with E-state index in [9.17, 15) is 4.79 Å². The SMILES string of the molecule is Cc1cc(Cl)c2c(c1)c(C(=O)O)cn2C. The van der Waals surface area contributed by atoms with Crippen LogP contribution < -0.4 is 0 Å². The van der Waals surface area contributed by atoms with Gasteiger partial charge in [-0.25, -0.2) is 4.79 Å². The number of aromatic carboxylic acids is 1. The highest BCUT2D eigenvalue weighted by molar-refractivity contribution is 6.35. The van der Waals surface area contributed by atoms with Gasteiger partial charge in [0, 0.05) is 18.6 Å². The summed E-state index contributed by atoms with van der Waals surface area (Å²) >= 11 is 6.07. The van der Waals surface area contributed by atoms with Crippen molar-refractivity contribution in [2.75, 3.05) is 0 Å². The number of benzene rings is 1. The van der Waals surface area contributed by atoms with Gasteiger partial charge < -0.3 is 9.67 Å². The Bertz CT molecular complexity index is 557. The van der Waals surface area contributed by atoms with Gasteiger partial charge in [0.1, 0.15) is 0 Å². The largest absolute Gasteiger partial charge is 0.478 e. The van der Waals surface area contributed by atoms with E-state index in [0.29, 0.717) is 10.4 Å². The fraction of sp³-hybridized carbons (Fsp3) is 0.182. The second kappa shape index (κ2) is 3.28. The maximum atomic E-state index is 11.0. The molecule has 4 heteroatoms. The minimum Gasteiger partial charge on any atom is -0.478 e. The molecule has 0 saturated carbocycles. The topological polar surface area (TPSA) is 42.2 Å². The average molecular weight is 224 g/mol. The van der Waals surface area contributed by atoms with E-state index in [1.54, 1.807) is 17.8 Å². The molecule has 0 spiro atoms. The van der Waals surface area contributed by atoms with Crippen molar-refractivity contribution in [1.82, 2.24) is 4.57 Å². The van der Waals surface area contributed by atoms with Gasteiger partial charge in [0.15, 0.2) is 0 Å². The van der Waals surface area contributed by atoms with Crippen LogP contribution in [-0.2, 0) is 7.05 Å². The second-order valence-electron chi connectivity index (χ2n) is 3.60. The van der Waals surface area contributed by atoms with Crippen LogP contribution in [0, 0.1) is 6.92 Å². The Kier molecular flexibility index (Phi) is 2.20. The third kappa shape index (κ3) is 1.49. The van der Waals surface area contributed by atoms with Gasteiger partial charge in [0.05, 0.1) is 16.1 Å². The molecule has 0 atom stereocenters. The Morgan fingerprint density at radius 1 is 1.47 bits per heavy atom. The molecule has 0 radical (unpaired) electrons. The maximum absolute atomic E-state index is 11.0. The van der Waals surface area contributed by atoms with Crippen molar-refractivity contribution in [2.45, 2.75) is 6.92 Å². The second-order valence-corrected chi connectivity index (χ2v) is 4.01. The number of fused-ring (bicyclic) bond motifs is 1. The number of aryl methyl sites for hydroxylation is 2. The summed E-state index contributed by atoms with van der Waals surface area (Å²) in [4.78, 5) is 11.0. The molecule has 1 aromatic carbocycles. The fourth-order valence-corrected chi connectivity index (χ4v) is 2.20. The number of nitrogens with zero attached hydrogens (tertiary/aromatic N) is 1. The van der Waals surface area contributed by atoms with Crippen molar-refractivity contribution in [3.05, 3.63) is 34.5 Å². The van der Waals surface area contributed by atoms with Crippen LogP contribution in [0.25, 0.3) is 10.9 Å². The summed E-state index contributed by atoms with van der Waals surface area (Å²) in [5, 5.41) is 10.3. The molecule has 1 aromatic heterocycles. The van der Waals surface area contributed by atoms with Gasteiger partial charge in [-0.1, -0.05) is 11.6 Å².